The van der Waals surface area contributed by atoms with Gasteiger partial charge >= 0.3 is 0 Å². The van der Waals surface area contributed by atoms with Gasteiger partial charge in [0.1, 0.15) is 0 Å². The Morgan fingerprint density at radius 3 is 2.29 bits per heavy atom. The fourth-order valence-corrected chi connectivity index (χ4v) is 3.44. The van der Waals surface area contributed by atoms with E-state index in [1.807, 2.05) is 0 Å². The van der Waals surface area contributed by atoms with Crippen LogP contribution in [0.3, 0.4) is 0 Å². The van der Waals surface area contributed by atoms with Gasteiger partial charge in [0.15, 0.2) is 0 Å². The molecule has 0 unspecified atom stereocenters. The molecule has 1 saturated carbocycles. The summed E-state index contributed by atoms with van der Waals surface area (Å²) in [6.45, 7) is 4.22. The van der Waals surface area contributed by atoms with Gasteiger partial charge in [0, 0.05) is 17.4 Å². The Balaban J connectivity index is 1.92. The topological polar surface area (TPSA) is 9.23 Å². The third-order valence-corrected chi connectivity index (χ3v) is 5.19. The Kier molecular flexibility index (Phi) is 8.55. The SMILES string of the molecule is CCCCCCCCOCC1(CBr)CCCC1. The molecule has 1 fully saturated rings. The number of unbranched alkanes of at least 4 members (excludes halogenated alkanes) is 5. The van der Waals surface area contributed by atoms with Crippen LogP contribution in [0.15, 0.2) is 0 Å². The van der Waals surface area contributed by atoms with Gasteiger partial charge in [0.25, 0.3) is 0 Å². The van der Waals surface area contributed by atoms with E-state index in [0.29, 0.717) is 5.41 Å². The van der Waals surface area contributed by atoms with E-state index in [1.54, 1.807) is 0 Å². The van der Waals surface area contributed by atoms with Gasteiger partial charge in [-0.25, -0.2) is 0 Å². The summed E-state index contributed by atoms with van der Waals surface area (Å²) in [5.74, 6) is 0. The molecular weight excluding hydrogens is 276 g/mol. The molecule has 0 spiro atoms. The van der Waals surface area contributed by atoms with Crippen molar-refractivity contribution >= 4 is 15.9 Å². The Morgan fingerprint density at radius 2 is 1.65 bits per heavy atom. The highest BCUT2D eigenvalue weighted by atomic mass is 79.9. The second kappa shape index (κ2) is 9.38. The average molecular weight is 305 g/mol. The highest BCUT2D eigenvalue weighted by Gasteiger charge is 2.32. The summed E-state index contributed by atoms with van der Waals surface area (Å²) < 4.78 is 5.89. The maximum atomic E-state index is 5.89. The van der Waals surface area contributed by atoms with Crippen LogP contribution in [0.2, 0.25) is 0 Å². The van der Waals surface area contributed by atoms with Gasteiger partial charge in [-0.3, -0.25) is 0 Å². The van der Waals surface area contributed by atoms with Crippen LogP contribution in [0.4, 0.5) is 0 Å². The van der Waals surface area contributed by atoms with Gasteiger partial charge < -0.3 is 4.74 Å². The molecule has 1 nitrogen and oxygen atoms in total. The van der Waals surface area contributed by atoms with Crippen molar-refractivity contribution < 1.29 is 4.74 Å². The quantitative estimate of drug-likeness (QED) is 0.392. The highest BCUT2D eigenvalue weighted by Crippen LogP contribution is 2.39. The van der Waals surface area contributed by atoms with Gasteiger partial charge in [0.2, 0.25) is 0 Å². The Hall–Kier alpha value is 0.440. The largest absolute Gasteiger partial charge is 0.381 e. The molecule has 0 heterocycles. The lowest BCUT2D eigenvalue weighted by Gasteiger charge is -2.26. The maximum Gasteiger partial charge on any atom is 0.0530 e. The van der Waals surface area contributed by atoms with Gasteiger partial charge in [-0.2, -0.15) is 0 Å². The molecule has 102 valence electrons. The predicted molar refractivity (Wildman–Crippen MR) is 78.9 cm³/mol. The summed E-state index contributed by atoms with van der Waals surface area (Å²) in [7, 11) is 0. The summed E-state index contributed by atoms with van der Waals surface area (Å²) in [6, 6.07) is 0. The van der Waals surface area contributed by atoms with Crippen LogP contribution in [0.1, 0.15) is 71.1 Å². The Bertz CT molecular complexity index is 176. The Morgan fingerprint density at radius 1 is 1.00 bits per heavy atom. The third kappa shape index (κ3) is 6.24. The molecule has 2 heteroatoms. The van der Waals surface area contributed by atoms with Gasteiger partial charge in [-0.05, 0) is 19.3 Å². The molecule has 0 aliphatic heterocycles. The first-order valence-corrected chi connectivity index (χ1v) is 8.59. The number of halogens is 1. The molecule has 0 aromatic heterocycles. The van der Waals surface area contributed by atoms with Crippen molar-refractivity contribution in [2.24, 2.45) is 5.41 Å². The van der Waals surface area contributed by atoms with Crippen LogP contribution >= 0.6 is 15.9 Å². The monoisotopic (exact) mass is 304 g/mol. The van der Waals surface area contributed by atoms with E-state index in [1.165, 1.54) is 64.2 Å². The number of hydrogen-bond donors (Lipinski definition) is 0. The van der Waals surface area contributed by atoms with E-state index in [9.17, 15) is 0 Å². The lowest BCUT2D eigenvalue weighted by Crippen LogP contribution is -2.25. The zero-order valence-corrected chi connectivity index (χ0v) is 13.1. The van der Waals surface area contributed by atoms with E-state index >= 15 is 0 Å². The molecule has 1 aliphatic carbocycles. The summed E-state index contributed by atoms with van der Waals surface area (Å²) in [6.07, 6.45) is 13.6. The summed E-state index contributed by atoms with van der Waals surface area (Å²) >= 11 is 3.66. The average Bonchev–Trinajstić information content (AvgIpc) is 2.82. The van der Waals surface area contributed by atoms with E-state index in [2.05, 4.69) is 22.9 Å². The first-order chi connectivity index (χ1) is 8.33. The van der Waals surface area contributed by atoms with Crippen LogP contribution in [0.25, 0.3) is 0 Å². The zero-order valence-electron chi connectivity index (χ0n) is 11.5. The van der Waals surface area contributed by atoms with E-state index < -0.39 is 0 Å². The van der Waals surface area contributed by atoms with Crippen molar-refractivity contribution in [1.82, 2.24) is 0 Å². The van der Waals surface area contributed by atoms with Gasteiger partial charge in [0.05, 0.1) is 6.61 Å². The van der Waals surface area contributed by atoms with Gasteiger partial charge in [-0.15, -0.1) is 0 Å². The molecule has 0 aromatic carbocycles. The van der Waals surface area contributed by atoms with Crippen molar-refractivity contribution in [2.45, 2.75) is 71.1 Å². The molecule has 0 bridgehead atoms. The fourth-order valence-electron chi connectivity index (χ4n) is 2.71. The summed E-state index contributed by atoms with van der Waals surface area (Å²) in [4.78, 5) is 0. The molecule has 0 atom stereocenters. The first kappa shape index (κ1) is 15.5. The maximum absolute atomic E-state index is 5.89. The van der Waals surface area contributed by atoms with Crippen LogP contribution < -0.4 is 0 Å². The number of rotatable bonds is 10. The second-order valence-corrected chi connectivity index (χ2v) is 6.22. The summed E-state index contributed by atoms with van der Waals surface area (Å²) in [5, 5.41) is 1.12. The van der Waals surface area contributed by atoms with Crippen molar-refractivity contribution in [3.05, 3.63) is 0 Å². The normalized spacial score (nSPS) is 18.7. The molecule has 1 rings (SSSR count). The molecule has 1 aliphatic rings. The van der Waals surface area contributed by atoms with Crippen LogP contribution in [-0.2, 0) is 4.74 Å². The predicted octanol–water partition coefficient (Wildman–Crippen LogP) is 5.32. The molecule has 0 amide bonds. The smallest absolute Gasteiger partial charge is 0.0530 e. The lowest BCUT2D eigenvalue weighted by molar-refractivity contribution is 0.0571. The zero-order chi connectivity index (χ0) is 12.4. The summed E-state index contributed by atoms with van der Waals surface area (Å²) in [5.41, 5.74) is 0.474. The number of ether oxygens (including phenoxy) is 1. The van der Waals surface area contributed by atoms with Crippen LogP contribution in [0.5, 0.6) is 0 Å². The molecule has 0 N–H and O–H groups in total. The minimum absolute atomic E-state index is 0.474. The van der Waals surface area contributed by atoms with E-state index in [-0.39, 0.29) is 0 Å². The minimum Gasteiger partial charge on any atom is -0.381 e. The molecule has 0 aromatic rings. The van der Waals surface area contributed by atoms with Crippen LogP contribution in [0, 0.1) is 5.41 Å². The van der Waals surface area contributed by atoms with Crippen molar-refractivity contribution in [2.75, 3.05) is 18.5 Å². The fraction of sp³-hybridized carbons (Fsp3) is 1.00. The molecule has 17 heavy (non-hydrogen) atoms. The highest BCUT2D eigenvalue weighted by molar-refractivity contribution is 9.09. The van der Waals surface area contributed by atoms with Crippen molar-refractivity contribution in [1.29, 1.82) is 0 Å². The Labute approximate surface area is 116 Å². The number of hydrogen-bond acceptors (Lipinski definition) is 1. The molecule has 0 radical (unpaired) electrons. The lowest BCUT2D eigenvalue weighted by atomic mass is 9.90. The van der Waals surface area contributed by atoms with Crippen LogP contribution in [-0.4, -0.2) is 18.5 Å². The first-order valence-electron chi connectivity index (χ1n) is 7.47. The minimum atomic E-state index is 0.474. The van der Waals surface area contributed by atoms with Crippen molar-refractivity contribution in [3.63, 3.8) is 0 Å². The molecular formula is C15H29BrO. The van der Waals surface area contributed by atoms with E-state index in [4.69, 9.17) is 4.74 Å². The molecule has 0 saturated heterocycles. The third-order valence-electron chi connectivity index (χ3n) is 4.00. The number of alkyl halides is 1. The van der Waals surface area contributed by atoms with E-state index in [0.717, 1.165) is 18.5 Å². The van der Waals surface area contributed by atoms with Gasteiger partial charge in [-0.1, -0.05) is 67.8 Å². The van der Waals surface area contributed by atoms with Crippen molar-refractivity contribution in [3.8, 4) is 0 Å². The standard InChI is InChI=1S/C15H29BrO/c1-2-3-4-5-6-9-12-17-14-15(13-16)10-7-8-11-15/h2-14H2,1H3. The second-order valence-electron chi connectivity index (χ2n) is 5.66.